The number of benzene rings is 2. The maximum atomic E-state index is 12.5. The van der Waals surface area contributed by atoms with Crippen LogP contribution in [0.1, 0.15) is 27.9 Å². The van der Waals surface area contributed by atoms with E-state index in [9.17, 15) is 4.79 Å². The number of anilines is 1. The van der Waals surface area contributed by atoms with Crippen LogP contribution in [0.2, 0.25) is 0 Å². The Kier molecular flexibility index (Phi) is 6.62. The predicted octanol–water partition coefficient (Wildman–Crippen LogP) is 4.62. The summed E-state index contributed by atoms with van der Waals surface area (Å²) in [6.07, 6.45) is 0. The van der Waals surface area contributed by atoms with Crippen molar-refractivity contribution in [3.63, 3.8) is 0 Å². The number of hydrogen-bond donors (Lipinski definition) is 1. The molecule has 0 atom stereocenters. The number of para-hydroxylation sites is 1. The Balaban J connectivity index is 1.55. The second-order valence-electron chi connectivity index (χ2n) is 5.36. The Morgan fingerprint density at radius 1 is 1.08 bits per heavy atom. The highest BCUT2D eigenvalue weighted by Crippen LogP contribution is 2.24. The Bertz CT molecular complexity index is 853. The van der Waals surface area contributed by atoms with Gasteiger partial charge in [0.15, 0.2) is 0 Å². The lowest BCUT2D eigenvalue weighted by Gasteiger charge is -2.08. The topological polar surface area (TPSA) is 64.1 Å². The van der Waals surface area contributed by atoms with Gasteiger partial charge in [0.1, 0.15) is 10.8 Å². The summed E-state index contributed by atoms with van der Waals surface area (Å²) in [4.78, 5) is 12.5. The van der Waals surface area contributed by atoms with Crippen molar-refractivity contribution < 1.29 is 9.53 Å². The third-order valence-corrected chi connectivity index (χ3v) is 5.49. The standard InChI is InChI=1S/C19H19N3O2S2/c1-2-24-16-11-7-6-10-15(16)18(23)20-19-22-21-17(26-19)13-25-12-14-8-4-3-5-9-14/h3-11H,2,12-13H2,1H3,(H,20,22,23). The van der Waals surface area contributed by atoms with E-state index < -0.39 is 0 Å². The van der Waals surface area contributed by atoms with Crippen LogP contribution in [0, 0.1) is 0 Å². The number of ether oxygens (including phenoxy) is 1. The number of hydrogen-bond acceptors (Lipinski definition) is 6. The molecule has 26 heavy (non-hydrogen) atoms. The molecule has 0 spiro atoms. The van der Waals surface area contributed by atoms with Crippen molar-refractivity contribution in [1.29, 1.82) is 0 Å². The first-order chi connectivity index (χ1) is 12.8. The Morgan fingerprint density at radius 3 is 2.65 bits per heavy atom. The molecule has 3 aromatic rings. The minimum Gasteiger partial charge on any atom is -0.493 e. The van der Waals surface area contributed by atoms with Crippen LogP contribution in [0.15, 0.2) is 54.6 Å². The van der Waals surface area contributed by atoms with Gasteiger partial charge in [-0.1, -0.05) is 53.8 Å². The average molecular weight is 386 g/mol. The molecule has 2 aromatic carbocycles. The molecule has 7 heteroatoms. The van der Waals surface area contributed by atoms with E-state index in [0.29, 0.717) is 23.1 Å². The molecule has 3 rings (SSSR count). The summed E-state index contributed by atoms with van der Waals surface area (Å²) in [5.74, 6) is 2.01. The monoisotopic (exact) mass is 385 g/mol. The van der Waals surface area contributed by atoms with E-state index >= 15 is 0 Å². The minimum absolute atomic E-state index is 0.242. The number of carbonyl (C=O) groups is 1. The molecule has 1 heterocycles. The van der Waals surface area contributed by atoms with Crippen molar-refractivity contribution in [3.8, 4) is 5.75 Å². The van der Waals surface area contributed by atoms with Gasteiger partial charge in [-0.2, -0.15) is 0 Å². The third-order valence-electron chi connectivity index (χ3n) is 3.46. The van der Waals surface area contributed by atoms with E-state index in [4.69, 9.17) is 4.74 Å². The van der Waals surface area contributed by atoms with Crippen molar-refractivity contribution >= 4 is 34.1 Å². The first-order valence-electron chi connectivity index (χ1n) is 8.23. The normalized spacial score (nSPS) is 10.5. The molecule has 5 nitrogen and oxygen atoms in total. The van der Waals surface area contributed by atoms with E-state index in [1.54, 1.807) is 23.9 Å². The molecule has 0 fully saturated rings. The lowest BCUT2D eigenvalue weighted by Crippen LogP contribution is -2.13. The molecule has 0 bridgehead atoms. The van der Waals surface area contributed by atoms with Crippen LogP contribution in [0.25, 0.3) is 0 Å². The van der Waals surface area contributed by atoms with E-state index in [2.05, 4.69) is 27.6 Å². The fourth-order valence-electron chi connectivity index (χ4n) is 2.29. The van der Waals surface area contributed by atoms with Crippen molar-refractivity contribution in [2.24, 2.45) is 0 Å². The first-order valence-corrected chi connectivity index (χ1v) is 10.2. The summed E-state index contributed by atoms with van der Waals surface area (Å²) in [5, 5.41) is 12.4. The predicted molar refractivity (Wildman–Crippen MR) is 107 cm³/mol. The summed E-state index contributed by atoms with van der Waals surface area (Å²) in [6.45, 7) is 2.39. The van der Waals surface area contributed by atoms with Gasteiger partial charge in [0, 0.05) is 11.5 Å². The largest absolute Gasteiger partial charge is 0.493 e. The fraction of sp³-hybridized carbons (Fsp3) is 0.211. The van der Waals surface area contributed by atoms with Crippen LogP contribution in [0.5, 0.6) is 5.75 Å². The molecular formula is C19H19N3O2S2. The van der Waals surface area contributed by atoms with Gasteiger partial charge in [-0.3, -0.25) is 10.1 Å². The maximum absolute atomic E-state index is 12.5. The Labute approximate surface area is 160 Å². The number of amides is 1. The molecule has 0 aliphatic rings. The van der Waals surface area contributed by atoms with Gasteiger partial charge in [0.25, 0.3) is 5.91 Å². The zero-order valence-corrected chi connectivity index (χ0v) is 16.0. The highest BCUT2D eigenvalue weighted by molar-refractivity contribution is 7.97. The quantitative estimate of drug-likeness (QED) is 0.613. The molecule has 1 amide bonds. The summed E-state index contributed by atoms with van der Waals surface area (Å²) < 4.78 is 5.50. The van der Waals surface area contributed by atoms with Gasteiger partial charge in [-0.05, 0) is 24.6 Å². The SMILES string of the molecule is CCOc1ccccc1C(=O)Nc1nnc(CSCc2ccccc2)s1. The summed E-state index contributed by atoms with van der Waals surface area (Å²) in [7, 11) is 0. The summed E-state index contributed by atoms with van der Waals surface area (Å²) in [5.41, 5.74) is 1.77. The molecular weight excluding hydrogens is 366 g/mol. The Hall–Kier alpha value is -2.38. The van der Waals surface area contributed by atoms with Crippen molar-refractivity contribution in [3.05, 3.63) is 70.7 Å². The number of nitrogens with zero attached hydrogens (tertiary/aromatic N) is 2. The van der Waals surface area contributed by atoms with Crippen LogP contribution < -0.4 is 10.1 Å². The second kappa shape index (κ2) is 9.35. The molecule has 1 N–H and O–H groups in total. The van der Waals surface area contributed by atoms with Crippen LogP contribution in [0.4, 0.5) is 5.13 Å². The van der Waals surface area contributed by atoms with Gasteiger partial charge in [-0.25, -0.2) is 0 Å². The molecule has 0 unspecified atom stereocenters. The van der Waals surface area contributed by atoms with Gasteiger partial charge >= 0.3 is 0 Å². The number of rotatable bonds is 8. The zero-order valence-electron chi connectivity index (χ0n) is 14.3. The fourth-order valence-corrected chi connectivity index (χ4v) is 4.07. The third kappa shape index (κ3) is 5.06. The van der Waals surface area contributed by atoms with Crippen LogP contribution >= 0.6 is 23.1 Å². The smallest absolute Gasteiger partial charge is 0.261 e. The molecule has 134 valence electrons. The summed E-state index contributed by atoms with van der Waals surface area (Å²) in [6, 6.07) is 17.5. The van der Waals surface area contributed by atoms with E-state index in [0.717, 1.165) is 16.5 Å². The molecule has 0 saturated heterocycles. The van der Waals surface area contributed by atoms with Gasteiger partial charge in [0.2, 0.25) is 5.13 Å². The lowest BCUT2D eigenvalue weighted by atomic mass is 10.2. The van der Waals surface area contributed by atoms with E-state index in [1.807, 2.05) is 37.3 Å². The molecule has 1 aromatic heterocycles. The number of aromatic nitrogens is 2. The highest BCUT2D eigenvalue weighted by atomic mass is 32.2. The van der Waals surface area contributed by atoms with Gasteiger partial charge in [0.05, 0.1) is 12.2 Å². The van der Waals surface area contributed by atoms with Gasteiger partial charge < -0.3 is 4.74 Å². The Morgan fingerprint density at radius 2 is 1.85 bits per heavy atom. The molecule has 0 aliphatic carbocycles. The van der Waals surface area contributed by atoms with Crippen LogP contribution in [0.3, 0.4) is 0 Å². The number of nitrogens with one attached hydrogen (secondary N) is 1. The van der Waals surface area contributed by atoms with E-state index in [1.165, 1.54) is 16.9 Å². The minimum atomic E-state index is -0.242. The molecule has 0 radical (unpaired) electrons. The lowest BCUT2D eigenvalue weighted by molar-refractivity contribution is 0.102. The number of carbonyl (C=O) groups excluding carboxylic acids is 1. The van der Waals surface area contributed by atoms with Crippen LogP contribution in [-0.4, -0.2) is 22.7 Å². The zero-order chi connectivity index (χ0) is 18.2. The maximum Gasteiger partial charge on any atom is 0.261 e. The van der Waals surface area contributed by atoms with Crippen molar-refractivity contribution in [1.82, 2.24) is 10.2 Å². The first kappa shape index (κ1) is 18.4. The summed E-state index contributed by atoms with van der Waals surface area (Å²) >= 11 is 3.17. The highest BCUT2D eigenvalue weighted by Gasteiger charge is 2.14. The van der Waals surface area contributed by atoms with Crippen LogP contribution in [-0.2, 0) is 11.5 Å². The average Bonchev–Trinajstić information content (AvgIpc) is 3.10. The second-order valence-corrected chi connectivity index (χ2v) is 7.41. The van der Waals surface area contributed by atoms with E-state index in [-0.39, 0.29) is 5.91 Å². The van der Waals surface area contributed by atoms with Crippen molar-refractivity contribution in [2.45, 2.75) is 18.4 Å². The van der Waals surface area contributed by atoms with Gasteiger partial charge in [-0.15, -0.1) is 22.0 Å². The van der Waals surface area contributed by atoms with Crippen molar-refractivity contribution in [2.75, 3.05) is 11.9 Å². The molecule has 0 aliphatic heterocycles. The molecule has 0 saturated carbocycles. The number of thioether (sulfide) groups is 1.